The number of thiophene rings is 1. The van der Waals surface area contributed by atoms with E-state index in [0.717, 1.165) is 8.66 Å². The first-order valence-electron chi connectivity index (χ1n) is 2.85. The predicted octanol–water partition coefficient (Wildman–Crippen LogP) is 2.11. The molecule has 1 heterocycles. The Morgan fingerprint density at radius 2 is 2.45 bits per heavy atom. The summed E-state index contributed by atoms with van der Waals surface area (Å²) in [5.41, 5.74) is 4.78. The van der Waals surface area contributed by atoms with Crippen LogP contribution in [0.4, 0.5) is 4.79 Å². The molecule has 0 spiro atoms. The molecule has 1 amide bonds. The zero-order valence-corrected chi connectivity index (χ0v) is 7.94. The molecule has 0 aliphatic carbocycles. The minimum Gasteiger partial charge on any atom is -0.444 e. The molecule has 2 N–H and O–H groups in total. The molecule has 0 bridgehead atoms. The number of carbonyl (C=O) groups is 1. The molecule has 1 aromatic rings. The average Bonchev–Trinajstić information content (AvgIpc) is 2.31. The van der Waals surface area contributed by atoms with E-state index >= 15 is 0 Å². The monoisotopic (exact) mass is 235 g/mol. The largest absolute Gasteiger partial charge is 0.444 e. The molecule has 0 saturated carbocycles. The van der Waals surface area contributed by atoms with Gasteiger partial charge in [0.05, 0.1) is 3.79 Å². The molecule has 11 heavy (non-hydrogen) atoms. The third kappa shape index (κ3) is 2.90. The van der Waals surface area contributed by atoms with Gasteiger partial charge >= 0.3 is 6.09 Å². The van der Waals surface area contributed by atoms with Crippen LogP contribution in [0.25, 0.3) is 0 Å². The van der Waals surface area contributed by atoms with Crippen molar-refractivity contribution in [3.05, 3.63) is 20.8 Å². The number of carbonyl (C=O) groups excluding carboxylic acids is 1. The number of ether oxygens (including phenoxy) is 1. The Kier molecular flexibility index (Phi) is 2.90. The third-order valence-corrected chi connectivity index (χ3v) is 2.58. The van der Waals surface area contributed by atoms with E-state index in [-0.39, 0.29) is 6.61 Å². The van der Waals surface area contributed by atoms with Gasteiger partial charge in [-0.3, -0.25) is 0 Å². The van der Waals surface area contributed by atoms with Gasteiger partial charge in [-0.05, 0) is 28.1 Å². The quantitative estimate of drug-likeness (QED) is 0.854. The predicted molar refractivity (Wildman–Crippen MR) is 46.4 cm³/mol. The first-order chi connectivity index (χ1) is 5.18. The van der Waals surface area contributed by atoms with E-state index in [1.54, 1.807) is 0 Å². The summed E-state index contributed by atoms with van der Waals surface area (Å²) in [4.78, 5) is 11.1. The van der Waals surface area contributed by atoms with E-state index in [1.165, 1.54) is 11.3 Å². The summed E-state index contributed by atoms with van der Waals surface area (Å²) in [5, 5.41) is 0. The van der Waals surface area contributed by atoms with E-state index in [1.807, 2.05) is 12.1 Å². The number of nitrogens with two attached hydrogens (primary N) is 1. The lowest BCUT2D eigenvalue weighted by Crippen LogP contribution is -2.11. The lowest BCUT2D eigenvalue weighted by molar-refractivity contribution is 0.151. The summed E-state index contributed by atoms with van der Waals surface area (Å²) < 4.78 is 5.58. The van der Waals surface area contributed by atoms with Gasteiger partial charge in [-0.1, -0.05) is 0 Å². The Hall–Kier alpha value is -0.550. The van der Waals surface area contributed by atoms with Crippen molar-refractivity contribution in [3.8, 4) is 0 Å². The SMILES string of the molecule is NC(=O)OCc1ccc(Br)s1. The smallest absolute Gasteiger partial charge is 0.404 e. The number of amides is 1. The van der Waals surface area contributed by atoms with Gasteiger partial charge in [0.1, 0.15) is 6.61 Å². The maximum absolute atomic E-state index is 10.2. The Balaban J connectivity index is 2.45. The van der Waals surface area contributed by atoms with E-state index in [0.29, 0.717) is 0 Å². The Morgan fingerprint density at radius 3 is 2.91 bits per heavy atom. The highest BCUT2D eigenvalue weighted by atomic mass is 79.9. The van der Waals surface area contributed by atoms with Gasteiger partial charge in [-0.2, -0.15) is 0 Å². The number of halogens is 1. The van der Waals surface area contributed by atoms with Gasteiger partial charge in [-0.15, -0.1) is 11.3 Å². The number of rotatable bonds is 2. The second kappa shape index (κ2) is 3.73. The van der Waals surface area contributed by atoms with Gasteiger partial charge in [-0.25, -0.2) is 4.79 Å². The molecule has 1 aromatic heterocycles. The van der Waals surface area contributed by atoms with Crippen LogP contribution in [-0.2, 0) is 11.3 Å². The molecule has 5 heteroatoms. The van der Waals surface area contributed by atoms with Crippen LogP contribution < -0.4 is 5.73 Å². The summed E-state index contributed by atoms with van der Waals surface area (Å²) in [5.74, 6) is 0. The molecule has 0 aliphatic heterocycles. The second-order valence-electron chi connectivity index (χ2n) is 1.81. The van der Waals surface area contributed by atoms with Crippen LogP contribution in [0.2, 0.25) is 0 Å². The number of hydrogen-bond acceptors (Lipinski definition) is 3. The van der Waals surface area contributed by atoms with Gasteiger partial charge in [0.2, 0.25) is 0 Å². The number of primary amides is 1. The summed E-state index contributed by atoms with van der Waals surface area (Å²) >= 11 is 4.80. The maximum Gasteiger partial charge on any atom is 0.404 e. The lowest BCUT2D eigenvalue weighted by Gasteiger charge is -1.95. The molecular weight excluding hydrogens is 230 g/mol. The summed E-state index contributed by atoms with van der Waals surface area (Å²) in [6.45, 7) is 0.256. The molecule has 3 nitrogen and oxygen atoms in total. The van der Waals surface area contributed by atoms with Crippen molar-refractivity contribution in [1.82, 2.24) is 0 Å². The van der Waals surface area contributed by atoms with Crippen molar-refractivity contribution in [2.24, 2.45) is 5.73 Å². The Labute approximate surface area is 76.3 Å². The van der Waals surface area contributed by atoms with Gasteiger partial charge in [0.15, 0.2) is 0 Å². The average molecular weight is 236 g/mol. The van der Waals surface area contributed by atoms with Crippen molar-refractivity contribution in [1.29, 1.82) is 0 Å². The van der Waals surface area contributed by atoms with Crippen LogP contribution in [-0.4, -0.2) is 6.09 Å². The van der Waals surface area contributed by atoms with Crippen molar-refractivity contribution in [2.75, 3.05) is 0 Å². The zero-order chi connectivity index (χ0) is 8.27. The first kappa shape index (κ1) is 8.55. The van der Waals surface area contributed by atoms with E-state index in [4.69, 9.17) is 5.73 Å². The summed E-state index contributed by atoms with van der Waals surface area (Å²) in [6.07, 6.45) is -0.741. The molecule has 1 rings (SSSR count). The van der Waals surface area contributed by atoms with Crippen molar-refractivity contribution in [2.45, 2.75) is 6.61 Å². The highest BCUT2D eigenvalue weighted by Crippen LogP contribution is 2.22. The highest BCUT2D eigenvalue weighted by Gasteiger charge is 1.99. The van der Waals surface area contributed by atoms with Crippen LogP contribution in [0.1, 0.15) is 4.88 Å². The minimum atomic E-state index is -0.741. The van der Waals surface area contributed by atoms with E-state index < -0.39 is 6.09 Å². The topological polar surface area (TPSA) is 52.3 Å². The second-order valence-corrected chi connectivity index (χ2v) is 4.36. The van der Waals surface area contributed by atoms with Crippen molar-refractivity contribution >= 4 is 33.4 Å². The van der Waals surface area contributed by atoms with Gasteiger partial charge in [0, 0.05) is 4.88 Å². The molecular formula is C6H6BrNO2S. The molecule has 0 aromatic carbocycles. The Bertz CT molecular complexity index is 261. The third-order valence-electron chi connectivity index (χ3n) is 0.986. The summed E-state index contributed by atoms with van der Waals surface area (Å²) in [7, 11) is 0. The summed E-state index contributed by atoms with van der Waals surface area (Å²) in [6, 6.07) is 3.77. The molecule has 0 saturated heterocycles. The van der Waals surface area contributed by atoms with Gasteiger partial charge < -0.3 is 10.5 Å². The van der Waals surface area contributed by atoms with Crippen LogP contribution in [0.15, 0.2) is 15.9 Å². The van der Waals surface area contributed by atoms with E-state index in [2.05, 4.69) is 20.7 Å². The highest BCUT2D eigenvalue weighted by molar-refractivity contribution is 9.11. The molecule has 0 unspecified atom stereocenters. The molecule has 0 fully saturated rings. The first-order valence-corrected chi connectivity index (χ1v) is 4.46. The van der Waals surface area contributed by atoms with Gasteiger partial charge in [0.25, 0.3) is 0 Å². The number of hydrogen-bond donors (Lipinski definition) is 1. The molecule has 0 atom stereocenters. The van der Waals surface area contributed by atoms with Crippen molar-refractivity contribution in [3.63, 3.8) is 0 Å². The molecule has 0 aliphatic rings. The fourth-order valence-corrected chi connectivity index (χ4v) is 1.97. The van der Waals surface area contributed by atoms with Crippen LogP contribution in [0, 0.1) is 0 Å². The van der Waals surface area contributed by atoms with Crippen molar-refractivity contribution < 1.29 is 9.53 Å². The molecule has 0 radical (unpaired) electrons. The fourth-order valence-electron chi connectivity index (χ4n) is 0.572. The standard InChI is InChI=1S/C6H6BrNO2S/c7-5-2-1-4(11-5)3-10-6(8)9/h1-2H,3H2,(H2,8,9). The van der Waals surface area contributed by atoms with Crippen LogP contribution in [0.3, 0.4) is 0 Å². The lowest BCUT2D eigenvalue weighted by atomic mass is 10.5. The van der Waals surface area contributed by atoms with Crippen LogP contribution in [0.5, 0.6) is 0 Å². The van der Waals surface area contributed by atoms with Crippen LogP contribution >= 0.6 is 27.3 Å². The Morgan fingerprint density at radius 1 is 1.73 bits per heavy atom. The maximum atomic E-state index is 10.2. The normalized spacial score (nSPS) is 9.55. The fraction of sp³-hybridized carbons (Fsp3) is 0.167. The minimum absolute atomic E-state index is 0.256. The zero-order valence-electron chi connectivity index (χ0n) is 5.54. The molecule has 60 valence electrons. The van der Waals surface area contributed by atoms with E-state index in [9.17, 15) is 4.79 Å².